The standard InChI is InChI=1S/C12H21N3S/c1-9-5-8-16-12(13-9)14-10-4-7-15-6-2-3-11(10)15/h9-11H,2-8H2,1H3,(H,13,14). The fourth-order valence-corrected chi connectivity index (χ4v) is 4.25. The van der Waals surface area contributed by atoms with Crippen LogP contribution in [0.5, 0.6) is 0 Å². The van der Waals surface area contributed by atoms with Crippen LogP contribution in [-0.2, 0) is 0 Å². The van der Waals surface area contributed by atoms with Crippen LogP contribution < -0.4 is 5.32 Å². The predicted octanol–water partition coefficient (Wildman–Crippen LogP) is 1.69. The molecule has 0 spiro atoms. The van der Waals surface area contributed by atoms with Crippen molar-refractivity contribution >= 4 is 16.9 Å². The maximum Gasteiger partial charge on any atom is 0.157 e. The Morgan fingerprint density at radius 3 is 3.12 bits per heavy atom. The molecule has 0 bridgehead atoms. The molecule has 4 heteroatoms. The molecular formula is C12H21N3S. The zero-order chi connectivity index (χ0) is 11.0. The lowest BCUT2D eigenvalue weighted by atomic mass is 10.1. The monoisotopic (exact) mass is 239 g/mol. The van der Waals surface area contributed by atoms with Crippen LogP contribution in [0.3, 0.4) is 0 Å². The van der Waals surface area contributed by atoms with Gasteiger partial charge in [0.15, 0.2) is 5.17 Å². The van der Waals surface area contributed by atoms with Gasteiger partial charge in [0.1, 0.15) is 0 Å². The molecule has 3 rings (SSSR count). The van der Waals surface area contributed by atoms with Crippen LogP contribution in [-0.4, -0.2) is 47.0 Å². The average molecular weight is 239 g/mol. The van der Waals surface area contributed by atoms with Gasteiger partial charge in [-0.05, 0) is 39.2 Å². The van der Waals surface area contributed by atoms with Crippen LogP contribution in [0.15, 0.2) is 4.99 Å². The molecule has 1 N–H and O–H groups in total. The fourth-order valence-electron chi connectivity index (χ4n) is 3.09. The first kappa shape index (κ1) is 10.9. The van der Waals surface area contributed by atoms with E-state index in [1.54, 1.807) is 0 Å². The number of aliphatic imine (C=N–C) groups is 1. The molecular weight excluding hydrogens is 218 g/mol. The molecule has 3 unspecified atom stereocenters. The van der Waals surface area contributed by atoms with Crippen LogP contribution in [0, 0.1) is 0 Å². The zero-order valence-corrected chi connectivity index (χ0v) is 10.8. The van der Waals surface area contributed by atoms with Crippen molar-refractivity contribution in [1.82, 2.24) is 10.2 Å². The van der Waals surface area contributed by atoms with Gasteiger partial charge < -0.3 is 5.32 Å². The summed E-state index contributed by atoms with van der Waals surface area (Å²) in [4.78, 5) is 7.59. The van der Waals surface area contributed by atoms with E-state index in [4.69, 9.17) is 4.99 Å². The van der Waals surface area contributed by atoms with Gasteiger partial charge in [-0.1, -0.05) is 11.8 Å². The van der Waals surface area contributed by atoms with Gasteiger partial charge in [0.2, 0.25) is 0 Å². The molecule has 0 aliphatic carbocycles. The van der Waals surface area contributed by atoms with Gasteiger partial charge in [-0.25, -0.2) is 0 Å². The van der Waals surface area contributed by atoms with E-state index in [0.29, 0.717) is 12.1 Å². The molecule has 0 aromatic rings. The van der Waals surface area contributed by atoms with E-state index in [9.17, 15) is 0 Å². The average Bonchev–Trinajstić information content (AvgIpc) is 2.83. The highest BCUT2D eigenvalue weighted by Gasteiger charge is 2.37. The van der Waals surface area contributed by atoms with E-state index in [1.165, 1.54) is 49.7 Å². The van der Waals surface area contributed by atoms with Crippen molar-refractivity contribution in [2.75, 3.05) is 18.8 Å². The zero-order valence-electron chi connectivity index (χ0n) is 9.98. The van der Waals surface area contributed by atoms with Gasteiger partial charge >= 0.3 is 0 Å². The Kier molecular flexibility index (Phi) is 3.11. The number of fused-ring (bicyclic) bond motifs is 1. The Balaban J connectivity index is 1.67. The third kappa shape index (κ3) is 2.09. The van der Waals surface area contributed by atoms with Gasteiger partial charge in [0.05, 0.1) is 6.04 Å². The lowest BCUT2D eigenvalue weighted by Crippen LogP contribution is -2.37. The van der Waals surface area contributed by atoms with Crippen LogP contribution in [0.25, 0.3) is 0 Å². The Morgan fingerprint density at radius 1 is 1.31 bits per heavy atom. The van der Waals surface area contributed by atoms with E-state index in [-0.39, 0.29) is 0 Å². The van der Waals surface area contributed by atoms with E-state index in [1.807, 2.05) is 11.8 Å². The van der Waals surface area contributed by atoms with Crippen LogP contribution in [0.2, 0.25) is 0 Å². The Labute approximate surface area is 102 Å². The summed E-state index contributed by atoms with van der Waals surface area (Å²) in [6, 6.07) is 1.94. The van der Waals surface area contributed by atoms with Crippen LogP contribution in [0.4, 0.5) is 0 Å². The van der Waals surface area contributed by atoms with Crippen molar-refractivity contribution in [2.24, 2.45) is 4.99 Å². The molecule has 3 nitrogen and oxygen atoms in total. The highest BCUT2D eigenvalue weighted by molar-refractivity contribution is 8.13. The van der Waals surface area contributed by atoms with Gasteiger partial charge in [0, 0.05) is 24.4 Å². The van der Waals surface area contributed by atoms with Crippen molar-refractivity contribution < 1.29 is 0 Å². The molecule has 3 saturated heterocycles. The second-order valence-corrected chi connectivity index (χ2v) is 6.30. The van der Waals surface area contributed by atoms with Crippen LogP contribution in [0.1, 0.15) is 32.6 Å². The molecule has 90 valence electrons. The summed E-state index contributed by atoms with van der Waals surface area (Å²) in [7, 11) is 0. The van der Waals surface area contributed by atoms with Crippen molar-refractivity contribution in [1.29, 1.82) is 0 Å². The van der Waals surface area contributed by atoms with E-state index < -0.39 is 0 Å². The number of rotatable bonds is 1. The van der Waals surface area contributed by atoms with Crippen molar-refractivity contribution in [2.45, 2.75) is 50.7 Å². The van der Waals surface area contributed by atoms with Gasteiger partial charge in [-0.3, -0.25) is 9.89 Å². The molecule has 3 fully saturated rings. The molecule has 0 amide bonds. The number of nitrogens with zero attached hydrogens (tertiary/aromatic N) is 2. The summed E-state index contributed by atoms with van der Waals surface area (Å²) in [6.45, 7) is 4.83. The molecule has 0 saturated carbocycles. The van der Waals surface area contributed by atoms with Gasteiger partial charge in [-0.15, -0.1) is 0 Å². The Hall–Kier alpha value is -0.220. The highest BCUT2D eigenvalue weighted by atomic mass is 32.2. The lowest BCUT2D eigenvalue weighted by Gasteiger charge is -2.24. The summed E-state index contributed by atoms with van der Waals surface area (Å²) >= 11 is 1.91. The molecule has 3 aliphatic heterocycles. The number of thioether (sulfide) groups is 1. The fraction of sp³-hybridized carbons (Fsp3) is 0.917. The lowest BCUT2D eigenvalue weighted by molar-refractivity contribution is 0.314. The third-order valence-electron chi connectivity index (χ3n) is 4.01. The number of hydrogen-bond acceptors (Lipinski definition) is 3. The molecule has 3 aliphatic rings. The Morgan fingerprint density at radius 2 is 2.25 bits per heavy atom. The number of hydrogen-bond donors (Lipinski definition) is 1. The van der Waals surface area contributed by atoms with E-state index >= 15 is 0 Å². The third-order valence-corrected chi connectivity index (χ3v) is 4.95. The topological polar surface area (TPSA) is 27.6 Å². The summed E-state index contributed by atoms with van der Waals surface area (Å²) in [5.41, 5.74) is 0. The van der Waals surface area contributed by atoms with Crippen molar-refractivity contribution in [3.63, 3.8) is 0 Å². The minimum atomic E-state index is 0.572. The first-order valence-electron chi connectivity index (χ1n) is 6.54. The van der Waals surface area contributed by atoms with Crippen molar-refractivity contribution in [3.05, 3.63) is 0 Å². The summed E-state index contributed by atoms with van der Waals surface area (Å²) in [5, 5.41) is 4.72. The smallest absolute Gasteiger partial charge is 0.157 e. The summed E-state index contributed by atoms with van der Waals surface area (Å²) < 4.78 is 0. The normalized spacial score (nSPS) is 42.3. The van der Waals surface area contributed by atoms with Crippen LogP contribution >= 0.6 is 11.8 Å². The first-order chi connectivity index (χ1) is 7.83. The van der Waals surface area contributed by atoms with E-state index in [2.05, 4.69) is 17.1 Å². The molecule has 0 aromatic carbocycles. The molecule has 16 heavy (non-hydrogen) atoms. The largest absolute Gasteiger partial charge is 0.362 e. The first-order valence-corrected chi connectivity index (χ1v) is 7.52. The maximum atomic E-state index is 4.95. The molecule has 3 heterocycles. The second-order valence-electron chi connectivity index (χ2n) is 5.22. The minimum Gasteiger partial charge on any atom is -0.362 e. The Bertz CT molecular complexity index is 292. The summed E-state index contributed by atoms with van der Waals surface area (Å²) in [6.07, 6.45) is 5.28. The molecule has 3 atom stereocenters. The molecule has 0 radical (unpaired) electrons. The van der Waals surface area contributed by atoms with E-state index in [0.717, 1.165) is 6.04 Å². The molecule has 0 aromatic heterocycles. The summed E-state index contributed by atoms with van der Waals surface area (Å²) in [5.74, 6) is 1.23. The SMILES string of the molecule is CC1CCSC(=NC2CCN3CCCC23)N1. The van der Waals surface area contributed by atoms with Gasteiger partial charge in [-0.2, -0.15) is 0 Å². The van der Waals surface area contributed by atoms with Crippen molar-refractivity contribution in [3.8, 4) is 0 Å². The quantitative estimate of drug-likeness (QED) is 0.754. The minimum absolute atomic E-state index is 0.572. The highest BCUT2D eigenvalue weighted by Crippen LogP contribution is 2.30. The number of amidine groups is 1. The van der Waals surface area contributed by atoms with Gasteiger partial charge in [0.25, 0.3) is 0 Å². The predicted molar refractivity (Wildman–Crippen MR) is 70.1 cm³/mol. The maximum absolute atomic E-state index is 4.95. The number of nitrogens with one attached hydrogen (secondary N) is 1. The second kappa shape index (κ2) is 4.57.